The number of rotatable bonds is 14. The second kappa shape index (κ2) is 16.1. The fourth-order valence-electron chi connectivity index (χ4n) is 2.05. The highest BCUT2D eigenvalue weighted by Gasteiger charge is 2.08. The van der Waals surface area contributed by atoms with Crippen molar-refractivity contribution in [3.05, 3.63) is 48.3 Å². The van der Waals surface area contributed by atoms with E-state index in [1.54, 1.807) is 6.08 Å². The van der Waals surface area contributed by atoms with Gasteiger partial charge in [0.1, 0.15) is 0 Å². The topological polar surface area (TPSA) is 77.8 Å². The number of hydrogen-bond donors (Lipinski definition) is 3. The zero-order valence-corrected chi connectivity index (χ0v) is 14.7. The van der Waals surface area contributed by atoms with Gasteiger partial charge < -0.3 is 15.3 Å². The molecule has 0 rings (SSSR count). The zero-order chi connectivity index (χ0) is 18.0. The predicted molar refractivity (Wildman–Crippen MR) is 99.0 cm³/mol. The molecule has 4 heteroatoms. The van der Waals surface area contributed by atoms with Gasteiger partial charge in [0.05, 0.1) is 11.9 Å². The van der Waals surface area contributed by atoms with E-state index in [-0.39, 0.29) is 25.0 Å². The van der Waals surface area contributed by atoms with E-state index in [9.17, 15) is 15.0 Å². The molecule has 0 amide bonds. The highest BCUT2D eigenvalue weighted by molar-refractivity contribution is 5.66. The summed E-state index contributed by atoms with van der Waals surface area (Å²) in [6.45, 7) is 2.21. The van der Waals surface area contributed by atoms with E-state index in [1.807, 2.05) is 12.2 Å². The third-order valence-corrected chi connectivity index (χ3v) is 3.42. The molecule has 0 spiro atoms. The average Bonchev–Trinajstić information content (AvgIpc) is 2.54. The zero-order valence-electron chi connectivity index (χ0n) is 14.7. The van der Waals surface area contributed by atoms with Gasteiger partial charge in [-0.1, -0.05) is 56.2 Å². The number of allylic oxidation sites excluding steroid dienone is 7. The molecule has 1 atom stereocenters. The lowest BCUT2D eigenvalue weighted by atomic mass is 10.1. The molecule has 136 valence electrons. The molecule has 0 radical (unpaired) electrons. The highest BCUT2D eigenvalue weighted by atomic mass is 16.4. The minimum absolute atomic E-state index is 0.0487. The van der Waals surface area contributed by atoms with Crippen LogP contribution in [0.25, 0.3) is 0 Å². The van der Waals surface area contributed by atoms with Crippen molar-refractivity contribution in [2.24, 2.45) is 0 Å². The normalized spacial score (nSPS) is 14.2. The fourth-order valence-corrected chi connectivity index (χ4v) is 2.05. The molecule has 0 aliphatic carbocycles. The van der Waals surface area contributed by atoms with Crippen LogP contribution in [0.2, 0.25) is 0 Å². The summed E-state index contributed by atoms with van der Waals surface area (Å²) in [6.07, 6.45) is 19.8. The lowest BCUT2D eigenvalue weighted by Crippen LogP contribution is -2.10. The molecule has 0 bridgehead atoms. The number of unbranched alkanes of at least 4 members (excludes halogenated alkanes) is 4. The summed E-state index contributed by atoms with van der Waals surface area (Å²) in [6, 6.07) is 0. The van der Waals surface area contributed by atoms with Gasteiger partial charge in [-0.2, -0.15) is 0 Å². The SMILES string of the molecule is CCCCC/C=C/CC/C=C/C=C/C=C(/O)CC(O)CCC(=O)O. The van der Waals surface area contributed by atoms with Gasteiger partial charge in [0.25, 0.3) is 0 Å². The van der Waals surface area contributed by atoms with Gasteiger partial charge in [0.15, 0.2) is 0 Å². The summed E-state index contributed by atoms with van der Waals surface area (Å²) < 4.78 is 0. The van der Waals surface area contributed by atoms with Crippen molar-refractivity contribution < 1.29 is 20.1 Å². The molecule has 3 N–H and O–H groups in total. The Morgan fingerprint density at radius 1 is 0.958 bits per heavy atom. The molecule has 0 aliphatic heterocycles. The quantitative estimate of drug-likeness (QED) is 0.179. The number of carbonyl (C=O) groups is 1. The fraction of sp³-hybridized carbons (Fsp3) is 0.550. The Kier molecular flexibility index (Phi) is 14.9. The van der Waals surface area contributed by atoms with Crippen LogP contribution in [0, 0.1) is 0 Å². The first kappa shape index (κ1) is 22.2. The van der Waals surface area contributed by atoms with E-state index >= 15 is 0 Å². The third-order valence-electron chi connectivity index (χ3n) is 3.42. The van der Waals surface area contributed by atoms with Crippen LogP contribution in [0.15, 0.2) is 48.3 Å². The Morgan fingerprint density at radius 3 is 2.38 bits per heavy atom. The van der Waals surface area contributed by atoms with Gasteiger partial charge >= 0.3 is 5.97 Å². The van der Waals surface area contributed by atoms with Gasteiger partial charge in [-0.15, -0.1) is 0 Å². The summed E-state index contributed by atoms with van der Waals surface area (Å²) in [5, 5.41) is 27.7. The molecule has 0 aliphatic rings. The lowest BCUT2D eigenvalue weighted by Gasteiger charge is -2.07. The standard InChI is InChI=1S/C20H32O4/c1-2-3-4-5-6-7-8-9-10-11-12-13-14-18(21)17-19(22)15-16-20(23)24/h6-7,10-14,19,21-22H,2-5,8-9,15-17H2,1H3,(H,23,24)/b7-6+,11-10+,13-12+,18-14+. The van der Waals surface area contributed by atoms with Crippen molar-refractivity contribution >= 4 is 5.97 Å². The molecule has 1 unspecified atom stereocenters. The molecule has 0 heterocycles. The van der Waals surface area contributed by atoms with E-state index in [4.69, 9.17) is 5.11 Å². The second-order valence-electron chi connectivity index (χ2n) is 5.81. The van der Waals surface area contributed by atoms with Crippen LogP contribution in [0.1, 0.15) is 64.7 Å². The number of aliphatic hydroxyl groups is 2. The monoisotopic (exact) mass is 336 g/mol. The second-order valence-corrected chi connectivity index (χ2v) is 5.81. The van der Waals surface area contributed by atoms with Gasteiger partial charge in [0.2, 0.25) is 0 Å². The number of carboxylic acid groups (broad SMARTS) is 1. The lowest BCUT2D eigenvalue weighted by molar-refractivity contribution is -0.137. The number of aliphatic hydroxyl groups excluding tert-OH is 2. The average molecular weight is 336 g/mol. The van der Waals surface area contributed by atoms with Gasteiger partial charge in [0, 0.05) is 12.8 Å². The number of aliphatic carboxylic acids is 1. The van der Waals surface area contributed by atoms with Crippen molar-refractivity contribution in [1.29, 1.82) is 0 Å². The van der Waals surface area contributed by atoms with E-state index in [0.29, 0.717) is 0 Å². The summed E-state index contributed by atoms with van der Waals surface area (Å²) >= 11 is 0. The molecular formula is C20H32O4. The van der Waals surface area contributed by atoms with E-state index in [2.05, 4.69) is 25.2 Å². The maximum atomic E-state index is 10.4. The minimum atomic E-state index is -0.946. The van der Waals surface area contributed by atoms with E-state index in [1.165, 1.54) is 31.8 Å². The maximum Gasteiger partial charge on any atom is 0.303 e. The molecular weight excluding hydrogens is 304 g/mol. The maximum absolute atomic E-state index is 10.4. The molecule has 0 aromatic heterocycles. The number of hydrogen-bond acceptors (Lipinski definition) is 3. The molecule has 0 aromatic rings. The summed E-state index contributed by atoms with van der Waals surface area (Å²) in [4.78, 5) is 10.4. The molecule has 0 fully saturated rings. The number of carboxylic acids is 1. The minimum Gasteiger partial charge on any atom is -0.512 e. The van der Waals surface area contributed by atoms with Gasteiger partial charge in [-0.25, -0.2) is 0 Å². The van der Waals surface area contributed by atoms with Gasteiger partial charge in [-0.05, 0) is 38.2 Å². The Bertz CT molecular complexity index is 433. The van der Waals surface area contributed by atoms with Crippen molar-refractivity contribution in [1.82, 2.24) is 0 Å². The Morgan fingerprint density at radius 2 is 1.67 bits per heavy atom. The van der Waals surface area contributed by atoms with E-state index < -0.39 is 12.1 Å². The molecule has 0 saturated heterocycles. The first-order valence-corrected chi connectivity index (χ1v) is 8.82. The molecule has 24 heavy (non-hydrogen) atoms. The third kappa shape index (κ3) is 16.6. The Labute approximate surface area is 145 Å². The van der Waals surface area contributed by atoms with Crippen LogP contribution < -0.4 is 0 Å². The highest BCUT2D eigenvalue weighted by Crippen LogP contribution is 2.08. The van der Waals surface area contributed by atoms with E-state index in [0.717, 1.165) is 12.8 Å². The van der Waals surface area contributed by atoms with Crippen molar-refractivity contribution in [2.75, 3.05) is 0 Å². The first-order valence-electron chi connectivity index (χ1n) is 8.82. The van der Waals surface area contributed by atoms with Crippen LogP contribution in [-0.4, -0.2) is 27.4 Å². The Hall–Kier alpha value is -1.81. The van der Waals surface area contributed by atoms with Crippen LogP contribution in [0.4, 0.5) is 0 Å². The largest absolute Gasteiger partial charge is 0.512 e. The van der Waals surface area contributed by atoms with Crippen molar-refractivity contribution in [3.63, 3.8) is 0 Å². The smallest absolute Gasteiger partial charge is 0.303 e. The van der Waals surface area contributed by atoms with Crippen LogP contribution in [0.5, 0.6) is 0 Å². The van der Waals surface area contributed by atoms with Crippen molar-refractivity contribution in [2.45, 2.75) is 70.8 Å². The van der Waals surface area contributed by atoms with Crippen LogP contribution in [0.3, 0.4) is 0 Å². The summed E-state index contributed by atoms with van der Waals surface area (Å²) in [5.74, 6) is -0.897. The van der Waals surface area contributed by atoms with Crippen molar-refractivity contribution in [3.8, 4) is 0 Å². The molecule has 0 saturated carbocycles. The Balaban J connectivity index is 3.79. The van der Waals surface area contributed by atoms with Crippen LogP contribution >= 0.6 is 0 Å². The van der Waals surface area contributed by atoms with Gasteiger partial charge in [-0.3, -0.25) is 4.79 Å². The molecule has 0 aromatic carbocycles. The summed E-state index contributed by atoms with van der Waals surface area (Å²) in [7, 11) is 0. The van der Waals surface area contributed by atoms with Crippen LogP contribution in [-0.2, 0) is 4.79 Å². The predicted octanol–water partition coefficient (Wildman–Crippen LogP) is 5.07. The summed E-state index contributed by atoms with van der Waals surface area (Å²) in [5.41, 5.74) is 0. The first-order chi connectivity index (χ1) is 11.6. The molecule has 4 nitrogen and oxygen atoms in total.